The van der Waals surface area contributed by atoms with E-state index in [1.807, 2.05) is 72.8 Å². The van der Waals surface area contributed by atoms with Crippen LogP contribution in [0.15, 0.2) is 146 Å². The van der Waals surface area contributed by atoms with Crippen molar-refractivity contribution in [1.82, 2.24) is 15.1 Å². The third kappa shape index (κ3) is 18.1. The predicted octanol–water partition coefficient (Wildman–Crippen LogP) is 4.45. The molecular formula is C59H74N4O15. The second-order valence-corrected chi connectivity index (χ2v) is 19.7. The Morgan fingerprint density at radius 3 is 1.53 bits per heavy atom. The van der Waals surface area contributed by atoms with Gasteiger partial charge in [0, 0.05) is 43.9 Å². The van der Waals surface area contributed by atoms with Gasteiger partial charge in [0.25, 0.3) is 0 Å². The largest absolute Gasteiger partial charge is 0.445 e. The number of hydrogen-bond donors (Lipinski definition) is 8. The number of nitrogens with two attached hydrogens (primary N) is 1. The van der Waals surface area contributed by atoms with Gasteiger partial charge in [-0.25, -0.2) is 9.59 Å². The Hall–Kier alpha value is -6.33. The number of carbonyl (C=O) groups is 3. The van der Waals surface area contributed by atoms with Gasteiger partial charge >= 0.3 is 12.2 Å². The molecule has 19 heteroatoms. The first kappa shape index (κ1) is 59.3. The minimum atomic E-state index is -1.67. The van der Waals surface area contributed by atoms with E-state index in [1.54, 1.807) is 77.7 Å². The number of benzene rings is 5. The van der Waals surface area contributed by atoms with Gasteiger partial charge in [-0.15, -0.1) is 0 Å². The van der Waals surface area contributed by atoms with Crippen molar-refractivity contribution in [3.8, 4) is 0 Å². The second-order valence-electron chi connectivity index (χ2n) is 19.7. The summed E-state index contributed by atoms with van der Waals surface area (Å²) in [4.78, 5) is 42.4. The number of alkyl carbamates (subject to hydrolysis) is 1. The lowest BCUT2D eigenvalue weighted by Crippen LogP contribution is -2.56. The van der Waals surface area contributed by atoms with Crippen LogP contribution in [0.1, 0.15) is 71.6 Å². The van der Waals surface area contributed by atoms with Crippen molar-refractivity contribution >= 4 is 18.1 Å². The molecule has 7 rings (SSSR count). The fraction of sp³-hybridized carbons (Fsp3) is 0.441. The summed E-state index contributed by atoms with van der Waals surface area (Å²) in [6.07, 6.45) is -12.0. The van der Waals surface area contributed by atoms with Gasteiger partial charge in [-0.05, 0) is 60.8 Å². The third-order valence-corrected chi connectivity index (χ3v) is 13.8. The van der Waals surface area contributed by atoms with Crippen molar-refractivity contribution < 1.29 is 73.4 Å². The number of carbonyl (C=O) groups excluding carboxylic acids is 3. The normalized spacial score (nSPS) is 21.4. The molecule has 0 bridgehead atoms. The van der Waals surface area contributed by atoms with E-state index in [1.165, 1.54) is 4.90 Å². The lowest BCUT2D eigenvalue weighted by molar-refractivity contribution is -0.285. The van der Waals surface area contributed by atoms with E-state index in [2.05, 4.69) is 5.32 Å². The zero-order valence-corrected chi connectivity index (χ0v) is 43.6. The smallest absolute Gasteiger partial charge is 0.410 e. The molecule has 0 radical (unpaired) electrons. The highest BCUT2D eigenvalue weighted by atomic mass is 16.7. The Kier molecular flexibility index (Phi) is 23.4. The molecule has 2 heterocycles. The van der Waals surface area contributed by atoms with E-state index >= 15 is 0 Å². The van der Waals surface area contributed by atoms with Crippen LogP contribution in [0.25, 0.3) is 0 Å². The second kappa shape index (κ2) is 30.7. The van der Waals surface area contributed by atoms with Gasteiger partial charge in [-0.1, -0.05) is 146 Å². The molecule has 19 nitrogen and oxygen atoms in total. The van der Waals surface area contributed by atoms with E-state index in [-0.39, 0.29) is 65.4 Å². The zero-order valence-electron chi connectivity index (χ0n) is 43.6. The van der Waals surface area contributed by atoms with Crippen molar-refractivity contribution in [2.75, 3.05) is 45.9 Å². The van der Waals surface area contributed by atoms with E-state index in [0.717, 1.165) is 36.0 Å². The van der Waals surface area contributed by atoms with Crippen LogP contribution in [0.2, 0.25) is 0 Å². The third-order valence-electron chi connectivity index (χ3n) is 13.8. The minimum Gasteiger partial charge on any atom is -0.445 e. The number of nitrogens with zero attached hydrogens (tertiary/aromatic N) is 2. The molecule has 9 N–H and O–H groups in total. The molecule has 78 heavy (non-hydrogen) atoms. The van der Waals surface area contributed by atoms with Crippen LogP contribution >= 0.6 is 0 Å². The van der Waals surface area contributed by atoms with Crippen molar-refractivity contribution in [1.29, 1.82) is 0 Å². The number of aryl methyl sites for hydroxylation is 2. The van der Waals surface area contributed by atoms with Gasteiger partial charge in [0.05, 0.1) is 25.4 Å². The summed E-state index contributed by atoms with van der Waals surface area (Å²) < 4.78 is 34.4. The molecule has 2 aliphatic heterocycles. The van der Waals surface area contributed by atoms with E-state index in [4.69, 9.17) is 34.2 Å². The number of unbranched alkanes of at least 4 members (excludes halogenated alkanes) is 1. The average molecular weight is 1080 g/mol. The minimum absolute atomic E-state index is 0.00499. The molecule has 420 valence electrons. The number of hydrogen-bond acceptors (Lipinski definition) is 16. The van der Waals surface area contributed by atoms with E-state index < -0.39 is 85.5 Å². The first-order valence-electron chi connectivity index (χ1n) is 26.6. The Labute approximate surface area is 455 Å². The van der Waals surface area contributed by atoms with Crippen LogP contribution in [-0.2, 0) is 59.3 Å². The summed E-state index contributed by atoms with van der Waals surface area (Å²) in [5.74, 6) is -0.762. The van der Waals surface area contributed by atoms with Crippen LogP contribution in [-0.4, -0.2) is 159 Å². The first-order valence-corrected chi connectivity index (χ1v) is 26.6. The van der Waals surface area contributed by atoms with E-state index in [9.17, 15) is 45.0 Å². The lowest BCUT2D eigenvalue weighted by Gasteiger charge is -2.40. The fourth-order valence-electron chi connectivity index (χ4n) is 9.42. The molecule has 0 aliphatic carbocycles. The van der Waals surface area contributed by atoms with Gasteiger partial charge in [-0.3, -0.25) is 14.6 Å². The molecule has 5 aromatic rings. The van der Waals surface area contributed by atoms with Crippen LogP contribution < -0.4 is 11.1 Å². The number of aliphatic hydroxyl groups is 6. The molecule has 2 fully saturated rings. The number of amides is 3. The summed E-state index contributed by atoms with van der Waals surface area (Å²) in [7, 11) is 0. The molecule has 0 saturated carbocycles. The first-order chi connectivity index (χ1) is 37.8. The molecule has 0 aromatic heterocycles. The SMILES string of the molecule is NC(=O)C(CCc1ccc(CCCCNC(=O)OCc2ccccc2)cc1)N(CCCN(C[C@H](O)[C@@H](O)[C@@H]1OC(c2ccccc2)OC[C@H]1O)C[C@H](O)[C@@H](O)[C@@H]1OC(c2ccccc2)OC[C@H]1O)C(=O)OCc1ccccc1. The summed E-state index contributed by atoms with van der Waals surface area (Å²) in [5, 5.41) is 71.1. The van der Waals surface area contributed by atoms with Gasteiger partial charge in [0.2, 0.25) is 5.91 Å². The maximum absolute atomic E-state index is 14.1. The highest BCUT2D eigenvalue weighted by Gasteiger charge is 2.42. The fourth-order valence-corrected chi connectivity index (χ4v) is 9.42. The summed E-state index contributed by atoms with van der Waals surface area (Å²) in [5.41, 5.74) is 10.9. The Morgan fingerprint density at radius 1 is 0.577 bits per heavy atom. The molecule has 3 unspecified atom stereocenters. The predicted molar refractivity (Wildman–Crippen MR) is 286 cm³/mol. The number of aliphatic hydroxyl groups excluding tert-OH is 6. The standard InChI is InChI=1S/C59H74N4O15/c60-55(70)46(30-29-41-27-25-40(26-28-41)16-13-14-31-61-58(71)75-36-42-17-5-1-6-18-42)63(59(72)76-37-43-19-7-2-8-20-43)33-15-32-62(34-47(64)51(68)53-49(66)38-73-56(77-53)44-21-9-3-10-22-44)35-48(65)52(69)54-50(67)39-74-57(78-54)45-23-11-4-12-24-45/h1-12,17-28,46-54,56-57,64-69H,13-16,29-39H2,(H2,60,70)(H,61,71)/t46?,47-,48-,49+,50+,51+,52+,53+,54+,56?,57?/m0/s1. The van der Waals surface area contributed by atoms with Gasteiger partial charge in [0.1, 0.15) is 55.9 Å². The van der Waals surface area contributed by atoms with E-state index in [0.29, 0.717) is 29.7 Å². The topological polar surface area (TPSA) is 272 Å². The Balaban J connectivity index is 1.00. The van der Waals surface area contributed by atoms with Crippen molar-refractivity contribution in [2.24, 2.45) is 5.73 Å². The lowest BCUT2D eigenvalue weighted by atomic mass is 9.99. The summed E-state index contributed by atoms with van der Waals surface area (Å²) in [6.45, 7) is -0.577. The monoisotopic (exact) mass is 1080 g/mol. The quantitative estimate of drug-likeness (QED) is 0.0322. The highest BCUT2D eigenvalue weighted by Crippen LogP contribution is 2.31. The maximum atomic E-state index is 14.1. The molecule has 2 aliphatic rings. The molecule has 3 amide bonds. The molecular weight excluding hydrogens is 1000 g/mol. The number of rotatable bonds is 28. The van der Waals surface area contributed by atoms with Gasteiger partial charge < -0.3 is 70.1 Å². The van der Waals surface area contributed by atoms with Gasteiger partial charge in [0.15, 0.2) is 12.6 Å². The number of nitrogens with one attached hydrogen (secondary N) is 1. The van der Waals surface area contributed by atoms with Crippen molar-refractivity contribution in [3.05, 3.63) is 179 Å². The average Bonchev–Trinajstić information content (AvgIpc) is 3.49. The summed E-state index contributed by atoms with van der Waals surface area (Å²) in [6, 6.07) is 43.1. The molecule has 0 spiro atoms. The highest BCUT2D eigenvalue weighted by molar-refractivity contribution is 5.84. The maximum Gasteiger partial charge on any atom is 0.410 e. The van der Waals surface area contributed by atoms with Crippen LogP contribution in [0.5, 0.6) is 0 Å². The van der Waals surface area contributed by atoms with Crippen LogP contribution in [0.4, 0.5) is 9.59 Å². The van der Waals surface area contributed by atoms with Crippen LogP contribution in [0, 0.1) is 0 Å². The number of ether oxygens (including phenoxy) is 6. The van der Waals surface area contributed by atoms with Gasteiger partial charge in [-0.2, -0.15) is 0 Å². The number of primary amides is 1. The zero-order chi connectivity index (χ0) is 55.2. The Bertz CT molecular complexity index is 2460. The van der Waals surface area contributed by atoms with Crippen LogP contribution in [0.3, 0.4) is 0 Å². The summed E-state index contributed by atoms with van der Waals surface area (Å²) >= 11 is 0. The van der Waals surface area contributed by atoms with Crippen molar-refractivity contribution in [3.63, 3.8) is 0 Å². The van der Waals surface area contributed by atoms with Crippen molar-refractivity contribution in [2.45, 2.75) is 119 Å². The molecule has 11 atom stereocenters. The molecule has 5 aromatic carbocycles. The Morgan fingerprint density at radius 2 is 1.04 bits per heavy atom. The molecule has 2 saturated heterocycles.